The van der Waals surface area contributed by atoms with E-state index in [0.29, 0.717) is 5.76 Å². The number of hydrogen-bond donors (Lipinski definition) is 0. The summed E-state index contributed by atoms with van der Waals surface area (Å²) < 4.78 is 10.5. The zero-order valence-electron chi connectivity index (χ0n) is 9.94. The Kier molecular flexibility index (Phi) is 5.82. The van der Waals surface area contributed by atoms with Crippen LogP contribution < -0.4 is 0 Å². The Morgan fingerprint density at radius 2 is 2.00 bits per heavy atom. The summed E-state index contributed by atoms with van der Waals surface area (Å²) >= 11 is 0. The second kappa shape index (κ2) is 7.19. The van der Waals surface area contributed by atoms with Crippen molar-refractivity contribution in [3.63, 3.8) is 0 Å². The van der Waals surface area contributed by atoms with Crippen molar-refractivity contribution in [2.24, 2.45) is 0 Å². The van der Waals surface area contributed by atoms with Gasteiger partial charge in [-0.1, -0.05) is 13.8 Å². The first-order valence-electron chi connectivity index (χ1n) is 5.72. The minimum atomic E-state index is 0.397. The predicted octanol–water partition coefficient (Wildman–Crippen LogP) is 1.95. The van der Waals surface area contributed by atoms with Crippen molar-refractivity contribution in [2.45, 2.75) is 20.4 Å². The van der Waals surface area contributed by atoms with Crippen LogP contribution in [0, 0.1) is 0 Å². The standard InChI is InChI=1S/C10H13NO3.C2H6/c12-8-10-2-1-9(14-10)7-11-3-5-13-6-4-11;1-2/h1-2,8H,3-7H2;1-2H3. The summed E-state index contributed by atoms with van der Waals surface area (Å²) in [4.78, 5) is 12.6. The van der Waals surface area contributed by atoms with Gasteiger partial charge in [-0.15, -0.1) is 0 Å². The van der Waals surface area contributed by atoms with Gasteiger partial charge in [0, 0.05) is 13.1 Å². The van der Waals surface area contributed by atoms with E-state index in [0.717, 1.165) is 44.9 Å². The fourth-order valence-corrected chi connectivity index (χ4v) is 1.52. The van der Waals surface area contributed by atoms with Gasteiger partial charge >= 0.3 is 0 Å². The molecule has 0 spiro atoms. The number of hydrogen-bond acceptors (Lipinski definition) is 4. The molecule has 1 aliphatic rings. The third-order valence-corrected chi connectivity index (χ3v) is 2.28. The van der Waals surface area contributed by atoms with E-state index in [1.165, 1.54) is 0 Å². The number of ether oxygens (including phenoxy) is 1. The molecule has 2 rings (SSSR count). The highest BCUT2D eigenvalue weighted by Crippen LogP contribution is 2.10. The predicted molar refractivity (Wildman–Crippen MR) is 61.5 cm³/mol. The van der Waals surface area contributed by atoms with E-state index in [9.17, 15) is 4.79 Å². The lowest BCUT2D eigenvalue weighted by Gasteiger charge is -2.25. The number of rotatable bonds is 3. The average Bonchev–Trinajstić information content (AvgIpc) is 2.81. The maximum Gasteiger partial charge on any atom is 0.185 e. The summed E-state index contributed by atoms with van der Waals surface area (Å²) in [7, 11) is 0. The molecule has 1 aromatic heterocycles. The summed E-state index contributed by atoms with van der Waals surface area (Å²) in [5.41, 5.74) is 0. The van der Waals surface area contributed by atoms with Crippen molar-refractivity contribution in [1.29, 1.82) is 0 Å². The highest BCUT2D eigenvalue weighted by atomic mass is 16.5. The van der Waals surface area contributed by atoms with Crippen molar-refractivity contribution in [3.8, 4) is 0 Å². The third kappa shape index (κ3) is 3.79. The Balaban J connectivity index is 0.000000606. The lowest BCUT2D eigenvalue weighted by molar-refractivity contribution is 0.0312. The fraction of sp³-hybridized carbons (Fsp3) is 0.583. The highest BCUT2D eigenvalue weighted by Gasteiger charge is 2.12. The first-order valence-corrected chi connectivity index (χ1v) is 5.72. The lowest BCUT2D eigenvalue weighted by atomic mass is 10.3. The van der Waals surface area contributed by atoms with Gasteiger partial charge in [0.15, 0.2) is 12.0 Å². The van der Waals surface area contributed by atoms with E-state index in [4.69, 9.17) is 9.15 Å². The van der Waals surface area contributed by atoms with E-state index < -0.39 is 0 Å². The normalized spacial score (nSPS) is 16.4. The second-order valence-corrected chi connectivity index (χ2v) is 3.31. The molecule has 1 aliphatic heterocycles. The van der Waals surface area contributed by atoms with E-state index in [1.807, 2.05) is 19.9 Å². The molecule has 0 aliphatic carbocycles. The first-order chi connectivity index (χ1) is 7.88. The molecule has 4 nitrogen and oxygen atoms in total. The zero-order chi connectivity index (χ0) is 11.8. The molecule has 1 saturated heterocycles. The summed E-state index contributed by atoms with van der Waals surface area (Å²) in [5, 5.41) is 0. The maximum atomic E-state index is 10.4. The molecule has 1 fully saturated rings. The van der Waals surface area contributed by atoms with Gasteiger partial charge < -0.3 is 9.15 Å². The first kappa shape index (κ1) is 12.9. The van der Waals surface area contributed by atoms with Crippen LogP contribution in [0.3, 0.4) is 0 Å². The van der Waals surface area contributed by atoms with Crippen LogP contribution in [-0.2, 0) is 11.3 Å². The van der Waals surface area contributed by atoms with Gasteiger partial charge in [-0.25, -0.2) is 0 Å². The van der Waals surface area contributed by atoms with E-state index >= 15 is 0 Å². The molecular weight excluding hydrogens is 206 g/mol. The van der Waals surface area contributed by atoms with Gasteiger partial charge in [-0.2, -0.15) is 0 Å². The monoisotopic (exact) mass is 225 g/mol. The Hall–Kier alpha value is -1.13. The van der Waals surface area contributed by atoms with Crippen molar-refractivity contribution < 1.29 is 13.9 Å². The zero-order valence-corrected chi connectivity index (χ0v) is 9.94. The van der Waals surface area contributed by atoms with E-state index in [2.05, 4.69) is 4.90 Å². The average molecular weight is 225 g/mol. The molecule has 1 aromatic rings. The fourth-order valence-electron chi connectivity index (χ4n) is 1.52. The number of carbonyl (C=O) groups is 1. The van der Waals surface area contributed by atoms with Crippen molar-refractivity contribution in [1.82, 2.24) is 4.90 Å². The second-order valence-electron chi connectivity index (χ2n) is 3.31. The Labute approximate surface area is 96.2 Å². The topological polar surface area (TPSA) is 42.7 Å². The number of carbonyl (C=O) groups excluding carboxylic acids is 1. The molecule has 0 atom stereocenters. The summed E-state index contributed by atoms with van der Waals surface area (Å²) in [5.74, 6) is 1.24. The molecule has 0 amide bonds. The van der Waals surface area contributed by atoms with Crippen LogP contribution in [0.5, 0.6) is 0 Å². The number of furan rings is 1. The van der Waals surface area contributed by atoms with Crippen LogP contribution >= 0.6 is 0 Å². The molecule has 90 valence electrons. The Morgan fingerprint density at radius 3 is 2.56 bits per heavy atom. The quantitative estimate of drug-likeness (QED) is 0.737. The molecular formula is C12H19NO3. The molecule has 0 N–H and O–H groups in total. The molecule has 0 aromatic carbocycles. The van der Waals surface area contributed by atoms with Crippen molar-refractivity contribution in [3.05, 3.63) is 23.7 Å². The molecule has 2 heterocycles. The third-order valence-electron chi connectivity index (χ3n) is 2.28. The minimum absolute atomic E-state index is 0.397. The summed E-state index contributed by atoms with van der Waals surface area (Å²) in [6.07, 6.45) is 0.725. The number of aldehydes is 1. The molecule has 0 saturated carbocycles. The van der Waals surface area contributed by atoms with Gasteiger partial charge in [-0.3, -0.25) is 9.69 Å². The Morgan fingerprint density at radius 1 is 1.31 bits per heavy atom. The molecule has 4 heteroatoms. The largest absolute Gasteiger partial charge is 0.457 e. The van der Waals surface area contributed by atoms with Crippen LogP contribution in [0.2, 0.25) is 0 Å². The highest BCUT2D eigenvalue weighted by molar-refractivity contribution is 5.70. The van der Waals surface area contributed by atoms with Crippen LogP contribution in [-0.4, -0.2) is 37.5 Å². The van der Waals surface area contributed by atoms with Gasteiger partial charge in [0.05, 0.1) is 19.8 Å². The van der Waals surface area contributed by atoms with Crippen molar-refractivity contribution >= 4 is 6.29 Å². The SMILES string of the molecule is CC.O=Cc1ccc(CN2CCOCC2)o1. The Bertz CT molecular complexity index is 303. The van der Waals surface area contributed by atoms with Gasteiger partial charge in [0.25, 0.3) is 0 Å². The number of nitrogens with zero attached hydrogens (tertiary/aromatic N) is 1. The van der Waals surface area contributed by atoms with E-state index in [-0.39, 0.29) is 0 Å². The van der Waals surface area contributed by atoms with Gasteiger partial charge in [-0.05, 0) is 12.1 Å². The molecule has 16 heavy (non-hydrogen) atoms. The number of morpholine rings is 1. The van der Waals surface area contributed by atoms with Crippen LogP contribution in [0.4, 0.5) is 0 Å². The van der Waals surface area contributed by atoms with Gasteiger partial charge in [0.1, 0.15) is 5.76 Å². The minimum Gasteiger partial charge on any atom is -0.457 e. The van der Waals surface area contributed by atoms with Crippen molar-refractivity contribution in [2.75, 3.05) is 26.3 Å². The summed E-state index contributed by atoms with van der Waals surface area (Å²) in [6.45, 7) is 8.17. The lowest BCUT2D eigenvalue weighted by Crippen LogP contribution is -2.35. The van der Waals surface area contributed by atoms with E-state index in [1.54, 1.807) is 6.07 Å². The van der Waals surface area contributed by atoms with Crippen LogP contribution in [0.15, 0.2) is 16.5 Å². The molecule has 0 radical (unpaired) electrons. The molecule has 0 bridgehead atoms. The van der Waals surface area contributed by atoms with Gasteiger partial charge in [0.2, 0.25) is 0 Å². The van der Waals surface area contributed by atoms with Crippen LogP contribution in [0.1, 0.15) is 30.2 Å². The molecule has 0 unspecified atom stereocenters. The maximum absolute atomic E-state index is 10.4. The summed E-state index contributed by atoms with van der Waals surface area (Å²) in [6, 6.07) is 3.54. The van der Waals surface area contributed by atoms with Crippen LogP contribution in [0.25, 0.3) is 0 Å². The smallest absolute Gasteiger partial charge is 0.185 e.